The van der Waals surface area contributed by atoms with E-state index in [0.717, 1.165) is 22.5 Å². The first-order valence-electron chi connectivity index (χ1n) is 5.64. The average Bonchev–Trinajstić information content (AvgIpc) is 2.38. The van der Waals surface area contributed by atoms with Crippen molar-refractivity contribution in [1.82, 2.24) is 4.98 Å². The second kappa shape index (κ2) is 5.14. The van der Waals surface area contributed by atoms with E-state index in [0.29, 0.717) is 4.99 Å². The molecule has 0 spiro atoms. The topological polar surface area (TPSA) is 42.1 Å². The molecule has 0 fully saturated rings. The zero-order valence-electron chi connectivity index (χ0n) is 10.4. The molecule has 2 N–H and O–H groups in total. The van der Waals surface area contributed by atoms with Gasteiger partial charge in [0.15, 0.2) is 0 Å². The van der Waals surface area contributed by atoms with Gasteiger partial charge in [0.2, 0.25) is 0 Å². The molecule has 1 aromatic heterocycles. The third kappa shape index (κ3) is 2.33. The van der Waals surface area contributed by atoms with Crippen molar-refractivity contribution in [3.63, 3.8) is 0 Å². The highest BCUT2D eigenvalue weighted by Crippen LogP contribution is 2.29. The van der Waals surface area contributed by atoms with Gasteiger partial charge in [0, 0.05) is 18.8 Å². The van der Waals surface area contributed by atoms with E-state index in [1.807, 2.05) is 50.5 Å². The van der Waals surface area contributed by atoms with E-state index < -0.39 is 0 Å². The molecular weight excluding hydrogens is 242 g/mol. The van der Waals surface area contributed by atoms with E-state index in [-0.39, 0.29) is 0 Å². The monoisotopic (exact) mass is 257 g/mol. The van der Waals surface area contributed by atoms with Gasteiger partial charge in [0.25, 0.3) is 0 Å². The van der Waals surface area contributed by atoms with Gasteiger partial charge < -0.3 is 10.6 Å². The van der Waals surface area contributed by atoms with Crippen LogP contribution in [-0.2, 0) is 0 Å². The Morgan fingerprint density at radius 2 is 2.06 bits per heavy atom. The Morgan fingerprint density at radius 3 is 2.67 bits per heavy atom. The summed E-state index contributed by atoms with van der Waals surface area (Å²) in [6.07, 6.45) is 3.57. The fraction of sp³-hybridized carbons (Fsp3) is 0.143. The molecule has 0 aliphatic carbocycles. The van der Waals surface area contributed by atoms with Gasteiger partial charge in [0.1, 0.15) is 4.99 Å². The summed E-state index contributed by atoms with van der Waals surface area (Å²) in [4.78, 5) is 6.59. The number of pyridine rings is 1. The summed E-state index contributed by atoms with van der Waals surface area (Å²) in [5.41, 5.74) is 9.84. The number of thiocarbonyl (C=S) groups is 1. The standard InChI is InChI=1S/C14H15N3S/c1-10-5-3-7-12(14(15)18)13(10)17(2)11-6-4-8-16-9-11/h3-9H,1-2H3,(H2,15,18). The van der Waals surface area contributed by atoms with E-state index in [1.54, 1.807) is 6.20 Å². The van der Waals surface area contributed by atoms with Crippen molar-refractivity contribution in [2.75, 3.05) is 11.9 Å². The molecule has 4 heteroatoms. The first-order valence-corrected chi connectivity index (χ1v) is 6.05. The summed E-state index contributed by atoms with van der Waals surface area (Å²) in [6.45, 7) is 2.05. The van der Waals surface area contributed by atoms with E-state index in [1.165, 1.54) is 0 Å². The normalized spacial score (nSPS) is 10.1. The van der Waals surface area contributed by atoms with Crippen LogP contribution in [0, 0.1) is 6.92 Å². The molecule has 0 atom stereocenters. The van der Waals surface area contributed by atoms with Crippen LogP contribution in [0.2, 0.25) is 0 Å². The van der Waals surface area contributed by atoms with Gasteiger partial charge in [-0.25, -0.2) is 0 Å². The number of aromatic nitrogens is 1. The Kier molecular flexibility index (Phi) is 3.58. The molecule has 0 radical (unpaired) electrons. The number of para-hydroxylation sites is 1. The highest BCUT2D eigenvalue weighted by atomic mass is 32.1. The summed E-state index contributed by atoms with van der Waals surface area (Å²) in [5.74, 6) is 0. The third-order valence-corrected chi connectivity index (χ3v) is 3.09. The van der Waals surface area contributed by atoms with Crippen molar-refractivity contribution in [2.45, 2.75) is 6.92 Å². The first kappa shape index (κ1) is 12.5. The van der Waals surface area contributed by atoms with Crippen molar-refractivity contribution in [3.05, 3.63) is 53.9 Å². The fourth-order valence-electron chi connectivity index (χ4n) is 1.98. The number of hydrogen-bond acceptors (Lipinski definition) is 3. The smallest absolute Gasteiger partial charge is 0.106 e. The molecule has 0 saturated heterocycles. The van der Waals surface area contributed by atoms with E-state index >= 15 is 0 Å². The molecule has 3 nitrogen and oxygen atoms in total. The predicted molar refractivity (Wildman–Crippen MR) is 79.4 cm³/mol. The van der Waals surface area contributed by atoms with Crippen LogP contribution >= 0.6 is 12.2 Å². The molecule has 1 heterocycles. The number of aryl methyl sites for hydroxylation is 1. The quantitative estimate of drug-likeness (QED) is 0.859. The Morgan fingerprint density at radius 1 is 1.28 bits per heavy atom. The highest BCUT2D eigenvalue weighted by molar-refractivity contribution is 7.80. The molecular formula is C14H15N3S. The van der Waals surface area contributed by atoms with Gasteiger partial charge in [-0.3, -0.25) is 4.98 Å². The second-order valence-corrected chi connectivity index (χ2v) is 4.55. The molecule has 0 saturated carbocycles. The minimum Gasteiger partial charge on any atom is -0.389 e. The lowest BCUT2D eigenvalue weighted by atomic mass is 10.1. The molecule has 0 unspecified atom stereocenters. The second-order valence-electron chi connectivity index (χ2n) is 4.11. The fourth-order valence-corrected chi connectivity index (χ4v) is 2.15. The largest absolute Gasteiger partial charge is 0.389 e. The SMILES string of the molecule is Cc1cccc(C(N)=S)c1N(C)c1cccnc1. The maximum atomic E-state index is 5.79. The Labute approximate surface area is 112 Å². The van der Waals surface area contributed by atoms with E-state index in [4.69, 9.17) is 18.0 Å². The first-order chi connectivity index (χ1) is 8.61. The molecule has 0 aliphatic rings. The number of nitrogens with zero attached hydrogens (tertiary/aromatic N) is 2. The highest BCUT2D eigenvalue weighted by Gasteiger charge is 2.13. The van der Waals surface area contributed by atoms with Crippen LogP contribution in [0.3, 0.4) is 0 Å². The summed E-state index contributed by atoms with van der Waals surface area (Å²) >= 11 is 5.11. The van der Waals surface area contributed by atoms with Crippen LogP contribution < -0.4 is 10.6 Å². The molecule has 2 rings (SSSR count). The molecule has 1 aromatic carbocycles. The summed E-state index contributed by atoms with van der Waals surface area (Å²) in [6, 6.07) is 9.86. The van der Waals surface area contributed by atoms with Crippen LogP contribution in [0.15, 0.2) is 42.7 Å². The molecule has 18 heavy (non-hydrogen) atoms. The maximum Gasteiger partial charge on any atom is 0.106 e. The van der Waals surface area contributed by atoms with Gasteiger partial charge >= 0.3 is 0 Å². The average molecular weight is 257 g/mol. The van der Waals surface area contributed by atoms with E-state index in [9.17, 15) is 0 Å². The molecule has 0 bridgehead atoms. The van der Waals surface area contributed by atoms with Crippen LogP contribution in [-0.4, -0.2) is 17.0 Å². The van der Waals surface area contributed by atoms with Crippen molar-refractivity contribution >= 4 is 28.6 Å². The number of anilines is 2. The number of hydrogen-bond donors (Lipinski definition) is 1. The van der Waals surface area contributed by atoms with Crippen LogP contribution in [0.4, 0.5) is 11.4 Å². The maximum absolute atomic E-state index is 5.79. The zero-order chi connectivity index (χ0) is 13.1. The summed E-state index contributed by atoms with van der Waals surface area (Å²) in [7, 11) is 1.99. The number of nitrogens with two attached hydrogens (primary N) is 1. The summed E-state index contributed by atoms with van der Waals surface area (Å²) < 4.78 is 0. The molecule has 0 amide bonds. The van der Waals surface area contributed by atoms with Gasteiger partial charge in [-0.1, -0.05) is 24.4 Å². The Hall–Kier alpha value is -1.94. The van der Waals surface area contributed by atoms with Crippen molar-refractivity contribution in [1.29, 1.82) is 0 Å². The minimum atomic E-state index is 0.407. The van der Waals surface area contributed by atoms with Crippen molar-refractivity contribution in [2.24, 2.45) is 5.73 Å². The lowest BCUT2D eigenvalue weighted by Gasteiger charge is -2.24. The lowest BCUT2D eigenvalue weighted by Crippen LogP contribution is -2.18. The van der Waals surface area contributed by atoms with Gasteiger partial charge in [-0.15, -0.1) is 0 Å². The summed E-state index contributed by atoms with van der Waals surface area (Å²) in [5, 5.41) is 0. The zero-order valence-corrected chi connectivity index (χ0v) is 11.2. The molecule has 0 aliphatic heterocycles. The Balaban J connectivity index is 2.54. The lowest BCUT2D eigenvalue weighted by molar-refractivity contribution is 1.15. The van der Waals surface area contributed by atoms with E-state index in [2.05, 4.69) is 9.88 Å². The van der Waals surface area contributed by atoms with Crippen molar-refractivity contribution < 1.29 is 0 Å². The van der Waals surface area contributed by atoms with Gasteiger partial charge in [0.05, 0.1) is 17.6 Å². The van der Waals surface area contributed by atoms with Crippen LogP contribution in [0.5, 0.6) is 0 Å². The van der Waals surface area contributed by atoms with Crippen molar-refractivity contribution in [3.8, 4) is 0 Å². The van der Waals surface area contributed by atoms with Gasteiger partial charge in [-0.05, 0) is 30.7 Å². The van der Waals surface area contributed by atoms with Crippen LogP contribution in [0.25, 0.3) is 0 Å². The third-order valence-electron chi connectivity index (χ3n) is 2.87. The number of rotatable bonds is 3. The molecule has 2 aromatic rings. The van der Waals surface area contributed by atoms with Gasteiger partial charge in [-0.2, -0.15) is 0 Å². The molecule has 92 valence electrons. The number of benzene rings is 1. The predicted octanol–water partition coefficient (Wildman–Crippen LogP) is 2.79. The van der Waals surface area contributed by atoms with Crippen LogP contribution in [0.1, 0.15) is 11.1 Å². The minimum absolute atomic E-state index is 0.407. The Bertz CT molecular complexity index is 567.